The summed E-state index contributed by atoms with van der Waals surface area (Å²) >= 11 is 5.80. The number of amides is 1. The van der Waals surface area contributed by atoms with E-state index in [-0.39, 0.29) is 4.90 Å². The van der Waals surface area contributed by atoms with E-state index in [2.05, 4.69) is 23.8 Å². The third-order valence-corrected chi connectivity index (χ3v) is 6.50. The summed E-state index contributed by atoms with van der Waals surface area (Å²) in [7, 11) is -3.71. The van der Waals surface area contributed by atoms with E-state index < -0.39 is 21.5 Å². The van der Waals surface area contributed by atoms with Crippen LogP contribution in [-0.2, 0) is 14.6 Å². The van der Waals surface area contributed by atoms with Crippen molar-refractivity contribution in [1.29, 1.82) is 0 Å². The molecule has 162 valence electrons. The summed E-state index contributed by atoms with van der Waals surface area (Å²) < 4.78 is 30.6. The maximum Gasteiger partial charge on any atom is 0.238 e. The number of piperazine rings is 1. The molecule has 1 aliphatic rings. The lowest BCUT2D eigenvalue weighted by atomic mass is 10.2. The molecule has 0 unspecified atom stereocenters. The van der Waals surface area contributed by atoms with Crippen molar-refractivity contribution >= 4 is 33.2 Å². The summed E-state index contributed by atoms with van der Waals surface area (Å²) in [5, 5.41) is 0.443. The molecule has 0 aliphatic carbocycles. The highest BCUT2D eigenvalue weighted by atomic mass is 35.5. The van der Waals surface area contributed by atoms with E-state index >= 15 is 0 Å². The number of halogens is 1. The molecule has 1 saturated heterocycles. The van der Waals surface area contributed by atoms with Gasteiger partial charge in [0.15, 0.2) is 9.84 Å². The van der Waals surface area contributed by atoms with E-state index in [0.717, 1.165) is 5.82 Å². The molecule has 0 N–H and O–H groups in total. The number of hydrogen-bond acceptors (Lipinski definition) is 7. The van der Waals surface area contributed by atoms with Crippen molar-refractivity contribution in [3.63, 3.8) is 0 Å². The summed E-state index contributed by atoms with van der Waals surface area (Å²) in [6, 6.07) is 7.61. The zero-order valence-electron chi connectivity index (χ0n) is 17.0. The number of hydrogen-bond donors (Lipinski definition) is 0. The zero-order chi connectivity index (χ0) is 21.7. The molecule has 0 saturated carbocycles. The lowest BCUT2D eigenvalue weighted by Gasteiger charge is -2.35. The molecule has 3 rings (SSSR count). The standard InChI is InChI=1S/C20H25ClN4O4S/c1-15(2)12-29-19-11-18(22-14-23-19)24-7-9-25(10-8-24)20(26)13-30(27,28)17-5-3-16(21)4-6-17/h3-6,11,14-15H,7-10,12-13H2,1-2H3. The molecule has 1 amide bonds. The van der Waals surface area contributed by atoms with E-state index in [1.807, 2.05) is 4.90 Å². The smallest absolute Gasteiger partial charge is 0.238 e. The molecule has 0 bridgehead atoms. The third-order valence-electron chi connectivity index (χ3n) is 4.63. The molecule has 1 aromatic carbocycles. The highest BCUT2D eigenvalue weighted by molar-refractivity contribution is 7.92. The van der Waals surface area contributed by atoms with Gasteiger partial charge in [0, 0.05) is 37.3 Å². The summed E-state index contributed by atoms with van der Waals surface area (Å²) in [4.78, 5) is 24.7. The molecule has 30 heavy (non-hydrogen) atoms. The minimum absolute atomic E-state index is 0.0915. The summed E-state index contributed by atoms with van der Waals surface area (Å²) in [5.74, 6) is 0.663. The van der Waals surface area contributed by atoms with E-state index in [4.69, 9.17) is 16.3 Å². The Labute approximate surface area is 181 Å². The SMILES string of the molecule is CC(C)COc1cc(N2CCN(C(=O)CS(=O)(=O)c3ccc(Cl)cc3)CC2)ncn1. The van der Waals surface area contributed by atoms with Crippen LogP contribution in [0.1, 0.15) is 13.8 Å². The van der Waals surface area contributed by atoms with Crippen LogP contribution in [-0.4, -0.2) is 67.7 Å². The average Bonchev–Trinajstić information content (AvgIpc) is 2.72. The van der Waals surface area contributed by atoms with Crippen LogP contribution in [0.4, 0.5) is 5.82 Å². The van der Waals surface area contributed by atoms with Crippen LogP contribution >= 0.6 is 11.6 Å². The van der Waals surface area contributed by atoms with E-state index in [1.165, 1.54) is 30.6 Å². The van der Waals surface area contributed by atoms with Gasteiger partial charge in [-0.2, -0.15) is 0 Å². The molecular formula is C20H25ClN4O4S. The number of anilines is 1. The van der Waals surface area contributed by atoms with Gasteiger partial charge in [-0.05, 0) is 30.2 Å². The van der Waals surface area contributed by atoms with Gasteiger partial charge in [0.1, 0.15) is 17.9 Å². The quantitative estimate of drug-likeness (QED) is 0.636. The Morgan fingerprint density at radius 2 is 1.80 bits per heavy atom. The summed E-state index contributed by atoms with van der Waals surface area (Å²) in [6.07, 6.45) is 1.46. The zero-order valence-corrected chi connectivity index (χ0v) is 18.6. The van der Waals surface area contributed by atoms with Gasteiger partial charge < -0.3 is 14.5 Å². The molecule has 10 heteroatoms. The minimum Gasteiger partial charge on any atom is -0.477 e. The fraction of sp³-hybridized carbons (Fsp3) is 0.450. The Bertz CT molecular complexity index is 975. The van der Waals surface area contributed by atoms with Crippen molar-refractivity contribution < 1.29 is 17.9 Å². The first-order valence-electron chi connectivity index (χ1n) is 9.70. The second-order valence-corrected chi connectivity index (χ2v) is 9.93. The Balaban J connectivity index is 1.57. The number of benzene rings is 1. The van der Waals surface area contributed by atoms with Gasteiger partial charge in [-0.3, -0.25) is 4.79 Å². The Morgan fingerprint density at radius 3 is 2.43 bits per heavy atom. The van der Waals surface area contributed by atoms with Gasteiger partial charge in [-0.1, -0.05) is 25.4 Å². The van der Waals surface area contributed by atoms with Crippen molar-refractivity contribution in [2.45, 2.75) is 18.7 Å². The first kappa shape index (κ1) is 22.3. The number of rotatable bonds is 7. The van der Waals surface area contributed by atoms with Crippen LogP contribution in [0.5, 0.6) is 5.88 Å². The Kier molecular flexibility index (Phi) is 7.14. The number of ether oxygens (including phenoxy) is 1. The lowest BCUT2D eigenvalue weighted by molar-refractivity contribution is -0.128. The third kappa shape index (κ3) is 5.82. The molecular weight excluding hydrogens is 428 g/mol. The van der Waals surface area contributed by atoms with Crippen molar-refractivity contribution in [1.82, 2.24) is 14.9 Å². The average molecular weight is 453 g/mol. The first-order chi connectivity index (χ1) is 14.2. The maximum atomic E-state index is 12.6. The Hall–Kier alpha value is -2.39. The van der Waals surface area contributed by atoms with Crippen LogP contribution in [0.15, 0.2) is 41.6 Å². The van der Waals surface area contributed by atoms with Crippen LogP contribution in [0.25, 0.3) is 0 Å². The molecule has 8 nitrogen and oxygen atoms in total. The summed E-state index contributed by atoms with van der Waals surface area (Å²) in [6.45, 7) is 6.63. The van der Waals surface area contributed by atoms with Crippen molar-refractivity contribution in [2.24, 2.45) is 5.92 Å². The molecule has 1 aliphatic heterocycles. The van der Waals surface area contributed by atoms with Crippen molar-refractivity contribution in [3.8, 4) is 5.88 Å². The molecule has 2 heterocycles. The predicted octanol–water partition coefficient (Wildman–Crippen LogP) is 2.29. The second-order valence-electron chi connectivity index (χ2n) is 7.50. The van der Waals surface area contributed by atoms with Gasteiger partial charge >= 0.3 is 0 Å². The van der Waals surface area contributed by atoms with E-state index in [9.17, 15) is 13.2 Å². The number of carbonyl (C=O) groups is 1. The van der Waals surface area contributed by atoms with Crippen LogP contribution in [0, 0.1) is 5.92 Å². The minimum atomic E-state index is -3.71. The predicted molar refractivity (Wildman–Crippen MR) is 115 cm³/mol. The second kappa shape index (κ2) is 9.61. The maximum absolute atomic E-state index is 12.6. The van der Waals surface area contributed by atoms with Gasteiger partial charge in [-0.15, -0.1) is 0 Å². The van der Waals surface area contributed by atoms with Gasteiger partial charge in [-0.25, -0.2) is 18.4 Å². The van der Waals surface area contributed by atoms with Crippen LogP contribution in [0.3, 0.4) is 0 Å². The molecule has 2 aromatic rings. The number of aromatic nitrogens is 2. The summed E-state index contributed by atoms with van der Waals surface area (Å²) in [5.41, 5.74) is 0. The van der Waals surface area contributed by atoms with Crippen molar-refractivity contribution in [3.05, 3.63) is 41.7 Å². The van der Waals surface area contributed by atoms with E-state index in [0.29, 0.717) is 49.6 Å². The highest BCUT2D eigenvalue weighted by Crippen LogP contribution is 2.19. The fourth-order valence-electron chi connectivity index (χ4n) is 3.00. The normalized spacial score (nSPS) is 14.8. The van der Waals surface area contributed by atoms with Gasteiger partial charge in [0.05, 0.1) is 11.5 Å². The topological polar surface area (TPSA) is 92.7 Å². The van der Waals surface area contributed by atoms with Crippen LogP contribution < -0.4 is 9.64 Å². The van der Waals surface area contributed by atoms with Gasteiger partial charge in [0.25, 0.3) is 0 Å². The number of carbonyl (C=O) groups excluding carboxylic acids is 1. The van der Waals surface area contributed by atoms with Crippen molar-refractivity contribution in [2.75, 3.05) is 43.4 Å². The Morgan fingerprint density at radius 1 is 1.13 bits per heavy atom. The number of sulfone groups is 1. The fourth-order valence-corrected chi connectivity index (χ4v) is 4.35. The first-order valence-corrected chi connectivity index (χ1v) is 11.7. The lowest BCUT2D eigenvalue weighted by Crippen LogP contribution is -2.50. The molecule has 0 radical (unpaired) electrons. The molecule has 0 atom stereocenters. The highest BCUT2D eigenvalue weighted by Gasteiger charge is 2.27. The largest absolute Gasteiger partial charge is 0.477 e. The van der Waals surface area contributed by atoms with E-state index in [1.54, 1.807) is 11.0 Å². The molecule has 1 aromatic heterocycles. The number of nitrogens with zero attached hydrogens (tertiary/aromatic N) is 4. The molecule has 1 fully saturated rings. The van der Waals surface area contributed by atoms with Crippen LogP contribution in [0.2, 0.25) is 5.02 Å². The molecule has 0 spiro atoms. The van der Waals surface area contributed by atoms with Gasteiger partial charge in [0.2, 0.25) is 11.8 Å². The monoisotopic (exact) mass is 452 g/mol.